The van der Waals surface area contributed by atoms with Crippen molar-refractivity contribution in [2.45, 2.75) is 38.7 Å². The van der Waals surface area contributed by atoms with Crippen molar-refractivity contribution in [1.82, 2.24) is 0 Å². The van der Waals surface area contributed by atoms with E-state index in [1.807, 2.05) is 12.1 Å². The first-order valence-corrected chi connectivity index (χ1v) is 6.30. The van der Waals surface area contributed by atoms with Crippen LogP contribution in [-0.4, -0.2) is 18.2 Å². The molecule has 2 nitrogen and oxygen atoms in total. The Kier molecular flexibility index (Phi) is 3.83. The van der Waals surface area contributed by atoms with Gasteiger partial charge in [0.15, 0.2) is 0 Å². The number of hydrogen-bond donors (Lipinski definition) is 1. The third-order valence-electron chi connectivity index (χ3n) is 3.35. The first-order valence-electron chi connectivity index (χ1n) is 6.30. The van der Waals surface area contributed by atoms with Crippen LogP contribution in [0.15, 0.2) is 24.3 Å². The lowest BCUT2D eigenvalue weighted by molar-refractivity contribution is 0.199. The Morgan fingerprint density at radius 2 is 1.56 bits per heavy atom. The molecule has 1 atom stereocenters. The SMILES string of the molecule is C[C@H](O)c1ccc(N2CCCCCC2)cc1. The number of benzene rings is 1. The summed E-state index contributed by atoms with van der Waals surface area (Å²) >= 11 is 0. The van der Waals surface area contributed by atoms with E-state index in [2.05, 4.69) is 17.0 Å². The molecule has 1 N–H and O–H groups in total. The molecule has 2 heteroatoms. The normalized spacial score (nSPS) is 19.2. The Hall–Kier alpha value is -1.02. The molecule has 1 aromatic rings. The minimum absolute atomic E-state index is 0.363. The minimum atomic E-state index is -0.363. The molecule has 0 spiro atoms. The average molecular weight is 219 g/mol. The van der Waals surface area contributed by atoms with E-state index in [4.69, 9.17) is 0 Å². The molecule has 1 fully saturated rings. The van der Waals surface area contributed by atoms with Gasteiger partial charge >= 0.3 is 0 Å². The van der Waals surface area contributed by atoms with E-state index in [0.717, 1.165) is 5.56 Å². The van der Waals surface area contributed by atoms with Crippen molar-refractivity contribution < 1.29 is 5.11 Å². The molecule has 0 amide bonds. The molecule has 1 aromatic carbocycles. The van der Waals surface area contributed by atoms with E-state index in [1.165, 1.54) is 44.5 Å². The van der Waals surface area contributed by atoms with Gasteiger partial charge in [0.2, 0.25) is 0 Å². The average Bonchev–Trinajstić information content (AvgIpc) is 2.57. The van der Waals surface area contributed by atoms with Crippen LogP contribution in [0.3, 0.4) is 0 Å². The van der Waals surface area contributed by atoms with Crippen molar-refractivity contribution in [3.63, 3.8) is 0 Å². The van der Waals surface area contributed by atoms with Gasteiger partial charge in [-0.3, -0.25) is 0 Å². The summed E-state index contributed by atoms with van der Waals surface area (Å²) in [5.74, 6) is 0. The van der Waals surface area contributed by atoms with Crippen LogP contribution in [0.1, 0.15) is 44.3 Å². The molecule has 1 heterocycles. The second-order valence-electron chi connectivity index (χ2n) is 4.67. The van der Waals surface area contributed by atoms with Crippen LogP contribution in [0, 0.1) is 0 Å². The number of nitrogens with zero attached hydrogens (tertiary/aromatic N) is 1. The molecule has 2 rings (SSSR count). The van der Waals surface area contributed by atoms with E-state index in [-0.39, 0.29) is 6.10 Å². The monoisotopic (exact) mass is 219 g/mol. The number of aliphatic hydroxyl groups is 1. The van der Waals surface area contributed by atoms with Crippen LogP contribution in [0.4, 0.5) is 5.69 Å². The highest BCUT2D eigenvalue weighted by atomic mass is 16.3. The summed E-state index contributed by atoms with van der Waals surface area (Å²) < 4.78 is 0. The summed E-state index contributed by atoms with van der Waals surface area (Å²) in [4.78, 5) is 2.46. The summed E-state index contributed by atoms with van der Waals surface area (Å²) in [7, 11) is 0. The zero-order valence-corrected chi connectivity index (χ0v) is 10.0. The fourth-order valence-electron chi connectivity index (χ4n) is 2.29. The van der Waals surface area contributed by atoms with Crippen molar-refractivity contribution >= 4 is 5.69 Å². The van der Waals surface area contributed by atoms with Crippen LogP contribution in [0.2, 0.25) is 0 Å². The number of aliphatic hydroxyl groups excluding tert-OH is 1. The van der Waals surface area contributed by atoms with E-state index >= 15 is 0 Å². The lowest BCUT2D eigenvalue weighted by atomic mass is 10.1. The number of hydrogen-bond acceptors (Lipinski definition) is 2. The molecule has 0 aliphatic carbocycles. The fraction of sp³-hybridized carbons (Fsp3) is 0.571. The van der Waals surface area contributed by atoms with Gasteiger partial charge in [0.1, 0.15) is 0 Å². The molecule has 0 aromatic heterocycles. The van der Waals surface area contributed by atoms with Crippen molar-refractivity contribution in [2.24, 2.45) is 0 Å². The van der Waals surface area contributed by atoms with E-state index in [9.17, 15) is 5.11 Å². The third kappa shape index (κ3) is 2.76. The van der Waals surface area contributed by atoms with Gasteiger partial charge in [-0.2, -0.15) is 0 Å². The van der Waals surface area contributed by atoms with Crippen LogP contribution >= 0.6 is 0 Å². The van der Waals surface area contributed by atoms with Crippen LogP contribution in [0.5, 0.6) is 0 Å². The van der Waals surface area contributed by atoms with E-state index < -0.39 is 0 Å². The number of rotatable bonds is 2. The van der Waals surface area contributed by atoms with Crippen molar-refractivity contribution in [3.8, 4) is 0 Å². The molecule has 1 aliphatic rings. The lowest BCUT2D eigenvalue weighted by Crippen LogP contribution is -2.23. The van der Waals surface area contributed by atoms with Crippen LogP contribution in [-0.2, 0) is 0 Å². The van der Waals surface area contributed by atoms with Gasteiger partial charge in [0, 0.05) is 18.8 Å². The molecule has 0 saturated carbocycles. The largest absolute Gasteiger partial charge is 0.389 e. The first kappa shape index (κ1) is 11.5. The zero-order chi connectivity index (χ0) is 11.4. The third-order valence-corrected chi connectivity index (χ3v) is 3.35. The molecular weight excluding hydrogens is 198 g/mol. The summed E-state index contributed by atoms with van der Waals surface area (Å²) in [6, 6.07) is 8.33. The van der Waals surface area contributed by atoms with Crippen LogP contribution in [0.25, 0.3) is 0 Å². The quantitative estimate of drug-likeness (QED) is 0.826. The molecule has 1 saturated heterocycles. The van der Waals surface area contributed by atoms with Gasteiger partial charge in [0.05, 0.1) is 6.10 Å². The predicted octanol–water partition coefficient (Wildman–Crippen LogP) is 3.12. The van der Waals surface area contributed by atoms with E-state index in [0.29, 0.717) is 0 Å². The topological polar surface area (TPSA) is 23.5 Å². The summed E-state index contributed by atoms with van der Waals surface area (Å²) in [6.07, 6.45) is 4.97. The van der Waals surface area contributed by atoms with Gasteiger partial charge in [-0.05, 0) is 37.5 Å². The van der Waals surface area contributed by atoms with Crippen molar-refractivity contribution in [3.05, 3.63) is 29.8 Å². The van der Waals surface area contributed by atoms with Gasteiger partial charge < -0.3 is 10.0 Å². The summed E-state index contributed by atoms with van der Waals surface area (Å²) in [5.41, 5.74) is 2.30. The Morgan fingerprint density at radius 1 is 1.00 bits per heavy atom. The van der Waals surface area contributed by atoms with Gasteiger partial charge in [-0.15, -0.1) is 0 Å². The second-order valence-corrected chi connectivity index (χ2v) is 4.67. The maximum Gasteiger partial charge on any atom is 0.0761 e. The number of anilines is 1. The fourth-order valence-corrected chi connectivity index (χ4v) is 2.29. The molecule has 0 bridgehead atoms. The van der Waals surface area contributed by atoms with Gasteiger partial charge in [0.25, 0.3) is 0 Å². The predicted molar refractivity (Wildman–Crippen MR) is 67.8 cm³/mol. The Balaban J connectivity index is 2.07. The molecule has 16 heavy (non-hydrogen) atoms. The lowest BCUT2D eigenvalue weighted by Gasteiger charge is -2.23. The Bertz CT molecular complexity index is 310. The van der Waals surface area contributed by atoms with Gasteiger partial charge in [-0.1, -0.05) is 25.0 Å². The smallest absolute Gasteiger partial charge is 0.0761 e. The highest BCUT2D eigenvalue weighted by Crippen LogP contribution is 2.21. The Morgan fingerprint density at radius 3 is 2.06 bits per heavy atom. The highest BCUT2D eigenvalue weighted by Gasteiger charge is 2.10. The standard InChI is InChI=1S/C14H21NO/c1-12(16)13-6-8-14(9-7-13)15-10-4-2-3-5-11-15/h6-9,12,16H,2-5,10-11H2,1H3/t12-/m0/s1. The molecule has 0 unspecified atom stereocenters. The van der Waals surface area contributed by atoms with Crippen molar-refractivity contribution in [2.75, 3.05) is 18.0 Å². The molecule has 1 aliphatic heterocycles. The zero-order valence-electron chi connectivity index (χ0n) is 10.0. The minimum Gasteiger partial charge on any atom is -0.389 e. The summed E-state index contributed by atoms with van der Waals surface area (Å²) in [6.45, 7) is 4.16. The van der Waals surface area contributed by atoms with Crippen LogP contribution < -0.4 is 4.90 Å². The second kappa shape index (κ2) is 5.35. The summed E-state index contributed by atoms with van der Waals surface area (Å²) in [5, 5.41) is 9.46. The highest BCUT2D eigenvalue weighted by molar-refractivity contribution is 5.47. The first-order chi connectivity index (χ1) is 7.77. The molecule has 0 radical (unpaired) electrons. The molecule has 88 valence electrons. The van der Waals surface area contributed by atoms with Gasteiger partial charge in [-0.25, -0.2) is 0 Å². The maximum absolute atomic E-state index is 9.46. The van der Waals surface area contributed by atoms with E-state index in [1.54, 1.807) is 6.92 Å². The van der Waals surface area contributed by atoms with Crippen molar-refractivity contribution in [1.29, 1.82) is 0 Å². The maximum atomic E-state index is 9.46. The Labute approximate surface area is 97.9 Å². The molecular formula is C14H21NO.